The second kappa shape index (κ2) is 4.67. The summed E-state index contributed by atoms with van der Waals surface area (Å²) in [5.74, 6) is 0.0507. The zero-order valence-corrected chi connectivity index (χ0v) is 9.77. The summed E-state index contributed by atoms with van der Waals surface area (Å²) in [5.41, 5.74) is 5.48. The molecule has 1 aromatic rings. The molecular weight excluding hydrogens is 220 g/mol. The van der Waals surface area contributed by atoms with E-state index in [1.807, 2.05) is 0 Å². The molecule has 0 radical (unpaired) electrons. The molecule has 1 aliphatic rings. The number of nitrogens with one attached hydrogen (secondary N) is 1. The monoisotopic (exact) mass is 236 g/mol. The molecule has 0 aliphatic heterocycles. The molecule has 1 amide bonds. The van der Waals surface area contributed by atoms with Gasteiger partial charge in [-0.3, -0.25) is 4.79 Å². The first-order valence-electron chi connectivity index (χ1n) is 5.58. The number of nitrogens with two attached hydrogens (primary N) is 1. The minimum absolute atomic E-state index is 0.184. The van der Waals surface area contributed by atoms with Crippen LogP contribution in [0.5, 0.6) is 0 Å². The fraction of sp³-hybridized carbons (Fsp3) is 0.545. The number of carbonyl (C=O) groups excluding carboxylic acids is 1. The molecule has 6 nitrogen and oxygen atoms in total. The van der Waals surface area contributed by atoms with E-state index >= 15 is 0 Å². The third-order valence-corrected chi connectivity index (χ3v) is 3.19. The highest BCUT2D eigenvalue weighted by Gasteiger charge is 2.37. The van der Waals surface area contributed by atoms with Crippen molar-refractivity contribution in [1.29, 1.82) is 0 Å². The molecule has 92 valence electrons. The van der Waals surface area contributed by atoms with Gasteiger partial charge < -0.3 is 15.8 Å². The van der Waals surface area contributed by atoms with Crippen LogP contribution in [-0.4, -0.2) is 35.4 Å². The molecule has 0 aromatic carbocycles. The maximum absolute atomic E-state index is 11.7. The third kappa shape index (κ3) is 2.52. The number of nitrogen functional groups attached to an aromatic ring is 1. The molecule has 1 heterocycles. The minimum atomic E-state index is -0.249. The lowest BCUT2D eigenvalue weighted by molar-refractivity contribution is -0.0679. The molecule has 0 unspecified atom stereocenters. The molecule has 0 saturated heterocycles. The smallest absolute Gasteiger partial charge is 0.271 e. The van der Waals surface area contributed by atoms with Crippen LogP contribution in [0.1, 0.15) is 29.8 Å². The highest BCUT2D eigenvalue weighted by molar-refractivity contribution is 5.92. The minimum Gasteiger partial charge on any atom is -0.382 e. The van der Waals surface area contributed by atoms with Gasteiger partial charge in [-0.2, -0.15) is 0 Å². The highest BCUT2D eigenvalue weighted by atomic mass is 16.5. The summed E-state index contributed by atoms with van der Waals surface area (Å²) in [6.07, 6.45) is 3.11. The number of methoxy groups -OCH3 is 1. The van der Waals surface area contributed by atoms with Crippen molar-refractivity contribution in [1.82, 2.24) is 15.5 Å². The van der Waals surface area contributed by atoms with Gasteiger partial charge in [0.25, 0.3) is 5.91 Å². The number of ether oxygens (including phenoxy) is 1. The number of rotatable bonds is 4. The molecule has 0 spiro atoms. The maximum atomic E-state index is 11.7. The number of hydrogen-bond donors (Lipinski definition) is 2. The third-order valence-electron chi connectivity index (χ3n) is 3.19. The number of hydrogen-bond acceptors (Lipinski definition) is 5. The van der Waals surface area contributed by atoms with Gasteiger partial charge in [0.2, 0.25) is 0 Å². The normalized spacial score (nSPS) is 17.2. The van der Waals surface area contributed by atoms with E-state index in [1.165, 1.54) is 0 Å². The number of aromatic nitrogens is 2. The van der Waals surface area contributed by atoms with Gasteiger partial charge in [-0.05, 0) is 31.4 Å². The van der Waals surface area contributed by atoms with E-state index in [0.717, 1.165) is 19.3 Å². The summed E-state index contributed by atoms with van der Waals surface area (Å²) in [5, 5.41) is 10.2. The van der Waals surface area contributed by atoms with Crippen LogP contribution < -0.4 is 11.1 Å². The molecular formula is C11H16N4O2. The van der Waals surface area contributed by atoms with Crippen molar-refractivity contribution in [2.24, 2.45) is 0 Å². The second-order valence-corrected chi connectivity index (χ2v) is 4.27. The molecule has 1 saturated carbocycles. The molecule has 1 aliphatic carbocycles. The Hall–Kier alpha value is -1.69. The largest absolute Gasteiger partial charge is 0.382 e. The zero-order valence-electron chi connectivity index (χ0n) is 9.77. The number of carbonyl (C=O) groups is 1. The van der Waals surface area contributed by atoms with Gasteiger partial charge in [0.15, 0.2) is 5.69 Å². The van der Waals surface area contributed by atoms with E-state index in [2.05, 4.69) is 15.5 Å². The van der Waals surface area contributed by atoms with E-state index in [1.54, 1.807) is 19.2 Å². The number of nitrogens with zero attached hydrogens (tertiary/aromatic N) is 2. The Labute approximate surface area is 99.6 Å². The molecule has 1 aromatic heterocycles. The molecule has 0 atom stereocenters. The summed E-state index contributed by atoms with van der Waals surface area (Å²) in [7, 11) is 1.67. The van der Waals surface area contributed by atoms with Crippen molar-refractivity contribution in [2.45, 2.75) is 24.9 Å². The van der Waals surface area contributed by atoms with Crippen molar-refractivity contribution < 1.29 is 9.53 Å². The molecule has 17 heavy (non-hydrogen) atoms. The quantitative estimate of drug-likeness (QED) is 0.787. The summed E-state index contributed by atoms with van der Waals surface area (Å²) >= 11 is 0. The number of anilines is 1. The van der Waals surface area contributed by atoms with Gasteiger partial charge in [-0.25, -0.2) is 0 Å². The Kier molecular flexibility index (Phi) is 3.23. The lowest BCUT2D eigenvalue weighted by Gasteiger charge is -2.40. The van der Waals surface area contributed by atoms with Gasteiger partial charge in [-0.15, -0.1) is 10.2 Å². The SMILES string of the molecule is COC1(CNC(=O)c2ccc(N)nn2)CCC1. The van der Waals surface area contributed by atoms with E-state index in [4.69, 9.17) is 10.5 Å². The van der Waals surface area contributed by atoms with Gasteiger partial charge in [0.05, 0.1) is 5.60 Å². The summed E-state index contributed by atoms with van der Waals surface area (Å²) in [4.78, 5) is 11.7. The van der Waals surface area contributed by atoms with Gasteiger partial charge in [0, 0.05) is 13.7 Å². The van der Waals surface area contributed by atoms with Crippen LogP contribution >= 0.6 is 0 Å². The molecule has 2 rings (SSSR count). The maximum Gasteiger partial charge on any atom is 0.271 e. The van der Waals surface area contributed by atoms with Gasteiger partial charge in [-0.1, -0.05) is 0 Å². The van der Waals surface area contributed by atoms with Crippen LogP contribution in [0, 0.1) is 0 Å². The van der Waals surface area contributed by atoms with Crippen molar-refractivity contribution in [3.8, 4) is 0 Å². The lowest BCUT2D eigenvalue weighted by Crippen LogP contribution is -2.49. The summed E-state index contributed by atoms with van der Waals surface area (Å²) in [6, 6.07) is 3.11. The van der Waals surface area contributed by atoms with Crippen molar-refractivity contribution in [3.63, 3.8) is 0 Å². The van der Waals surface area contributed by atoms with Gasteiger partial charge >= 0.3 is 0 Å². The van der Waals surface area contributed by atoms with Crippen molar-refractivity contribution in [2.75, 3.05) is 19.4 Å². The summed E-state index contributed by atoms with van der Waals surface area (Å²) < 4.78 is 5.41. The molecule has 1 fully saturated rings. The highest BCUT2D eigenvalue weighted by Crippen LogP contribution is 2.34. The Morgan fingerprint density at radius 3 is 2.76 bits per heavy atom. The van der Waals surface area contributed by atoms with Crippen LogP contribution in [0.25, 0.3) is 0 Å². The molecule has 6 heteroatoms. The van der Waals surface area contributed by atoms with Crippen LogP contribution in [0.15, 0.2) is 12.1 Å². The topological polar surface area (TPSA) is 90.1 Å². The first-order chi connectivity index (χ1) is 8.15. The van der Waals surface area contributed by atoms with Gasteiger partial charge in [0.1, 0.15) is 5.82 Å². The van der Waals surface area contributed by atoms with E-state index in [-0.39, 0.29) is 17.2 Å². The number of amides is 1. The Bertz CT molecular complexity index is 395. The van der Waals surface area contributed by atoms with Crippen LogP contribution in [0.4, 0.5) is 5.82 Å². The summed E-state index contributed by atoms with van der Waals surface area (Å²) in [6.45, 7) is 0.508. The predicted molar refractivity (Wildman–Crippen MR) is 62.4 cm³/mol. The van der Waals surface area contributed by atoms with Crippen LogP contribution in [-0.2, 0) is 4.74 Å². The Morgan fingerprint density at radius 2 is 2.29 bits per heavy atom. The molecule has 3 N–H and O–H groups in total. The first-order valence-corrected chi connectivity index (χ1v) is 5.58. The second-order valence-electron chi connectivity index (χ2n) is 4.27. The fourth-order valence-corrected chi connectivity index (χ4v) is 1.82. The average molecular weight is 236 g/mol. The first kappa shape index (κ1) is 11.8. The Balaban J connectivity index is 1.91. The van der Waals surface area contributed by atoms with Crippen molar-refractivity contribution >= 4 is 11.7 Å². The zero-order chi connectivity index (χ0) is 12.3. The van der Waals surface area contributed by atoms with Crippen LogP contribution in [0.3, 0.4) is 0 Å². The Morgan fingerprint density at radius 1 is 1.53 bits per heavy atom. The predicted octanol–water partition coefficient (Wildman–Crippen LogP) is 0.358. The van der Waals surface area contributed by atoms with Crippen LogP contribution in [0.2, 0.25) is 0 Å². The lowest BCUT2D eigenvalue weighted by atomic mass is 9.80. The fourth-order valence-electron chi connectivity index (χ4n) is 1.82. The standard InChI is InChI=1S/C11H16N4O2/c1-17-11(5-2-6-11)7-13-10(16)8-3-4-9(12)15-14-8/h3-4H,2,5-7H2,1H3,(H2,12,15)(H,13,16). The molecule has 0 bridgehead atoms. The van der Waals surface area contributed by atoms with E-state index in [9.17, 15) is 4.79 Å². The average Bonchev–Trinajstić information content (AvgIpc) is 2.29. The van der Waals surface area contributed by atoms with Crippen molar-refractivity contribution in [3.05, 3.63) is 17.8 Å². The van der Waals surface area contributed by atoms with E-state index in [0.29, 0.717) is 12.4 Å². The van der Waals surface area contributed by atoms with E-state index < -0.39 is 0 Å².